The summed E-state index contributed by atoms with van der Waals surface area (Å²) in [5.41, 5.74) is 3.11. The lowest BCUT2D eigenvalue weighted by Gasteiger charge is -2.14. The van der Waals surface area contributed by atoms with Gasteiger partial charge in [-0.1, -0.05) is 36.4 Å². The van der Waals surface area contributed by atoms with Gasteiger partial charge in [-0.3, -0.25) is 0 Å². The Hall–Kier alpha value is -2.75. The molecule has 126 valence electrons. The molecule has 25 heavy (non-hydrogen) atoms. The fourth-order valence-corrected chi connectivity index (χ4v) is 3.20. The van der Waals surface area contributed by atoms with E-state index in [2.05, 4.69) is 16.0 Å². The van der Waals surface area contributed by atoms with Gasteiger partial charge in [-0.25, -0.2) is 13.8 Å². The minimum Gasteiger partial charge on any atom is -0.338 e. The van der Waals surface area contributed by atoms with Crippen molar-refractivity contribution >= 4 is 17.1 Å². The van der Waals surface area contributed by atoms with Crippen LogP contribution in [-0.2, 0) is 0 Å². The lowest BCUT2D eigenvalue weighted by molar-refractivity contribution is 0.481. The third-order valence-electron chi connectivity index (χ3n) is 4.61. The van der Waals surface area contributed by atoms with Gasteiger partial charge in [-0.2, -0.15) is 0 Å². The number of imidazole rings is 1. The van der Waals surface area contributed by atoms with Crippen LogP contribution in [0.2, 0.25) is 0 Å². The molecule has 3 aromatic rings. The highest BCUT2D eigenvalue weighted by molar-refractivity contribution is 5.83. The first-order chi connectivity index (χ1) is 12.2. The van der Waals surface area contributed by atoms with Crippen LogP contribution in [-0.4, -0.2) is 9.97 Å². The Labute approximate surface area is 144 Å². The van der Waals surface area contributed by atoms with E-state index in [1.165, 1.54) is 6.07 Å². The third kappa shape index (κ3) is 3.38. The first-order valence-electron chi connectivity index (χ1n) is 8.46. The Kier molecular flexibility index (Phi) is 4.18. The van der Waals surface area contributed by atoms with E-state index in [9.17, 15) is 8.78 Å². The van der Waals surface area contributed by atoms with Crippen molar-refractivity contribution in [2.24, 2.45) is 5.92 Å². The van der Waals surface area contributed by atoms with Crippen LogP contribution in [0.4, 0.5) is 8.78 Å². The highest BCUT2D eigenvalue weighted by atomic mass is 19.1. The van der Waals surface area contributed by atoms with Crippen LogP contribution in [0.15, 0.2) is 60.4 Å². The second kappa shape index (κ2) is 6.63. The minimum absolute atomic E-state index is 0.00550. The maximum absolute atomic E-state index is 14.0. The monoisotopic (exact) mass is 336 g/mol. The van der Waals surface area contributed by atoms with Crippen LogP contribution in [0, 0.1) is 11.7 Å². The molecular weight excluding hydrogens is 318 g/mol. The largest absolute Gasteiger partial charge is 0.338 e. The fourth-order valence-electron chi connectivity index (χ4n) is 3.20. The quantitative estimate of drug-likeness (QED) is 0.621. The van der Waals surface area contributed by atoms with E-state index < -0.39 is 0 Å². The summed E-state index contributed by atoms with van der Waals surface area (Å²) in [6.07, 6.45) is 7.78. The van der Waals surface area contributed by atoms with E-state index in [4.69, 9.17) is 0 Å². The predicted octanol–water partition coefficient (Wildman–Crippen LogP) is 6.04. The number of halogens is 2. The molecule has 1 unspecified atom stereocenters. The van der Waals surface area contributed by atoms with Crippen molar-refractivity contribution in [3.63, 3.8) is 0 Å². The van der Waals surface area contributed by atoms with Gasteiger partial charge in [0.1, 0.15) is 11.6 Å². The zero-order chi connectivity index (χ0) is 17.2. The standard InChI is InChI=1S/C21H18F2N2/c22-16-9-5-14(6-10-16)7-12-21-24-19-11-8-15(13-20(19)25-21)17-3-1-2-4-18(17)23/h1-4,7-9,11-14H,5-6,10H2,(H,24,25)/b12-7+. The Balaban J connectivity index is 1.59. The Morgan fingerprint density at radius 1 is 1.12 bits per heavy atom. The molecule has 1 aliphatic carbocycles. The van der Waals surface area contributed by atoms with Crippen molar-refractivity contribution in [2.75, 3.05) is 0 Å². The second-order valence-electron chi connectivity index (χ2n) is 6.38. The molecule has 1 aliphatic rings. The topological polar surface area (TPSA) is 28.7 Å². The van der Waals surface area contributed by atoms with Gasteiger partial charge in [0.05, 0.1) is 16.9 Å². The number of H-pyrrole nitrogens is 1. The molecule has 0 radical (unpaired) electrons. The summed E-state index contributed by atoms with van der Waals surface area (Å²) >= 11 is 0. The van der Waals surface area contributed by atoms with Crippen molar-refractivity contribution in [1.29, 1.82) is 0 Å². The van der Waals surface area contributed by atoms with E-state index in [0.717, 1.165) is 35.3 Å². The van der Waals surface area contributed by atoms with Crippen LogP contribution < -0.4 is 0 Å². The Morgan fingerprint density at radius 3 is 2.80 bits per heavy atom. The summed E-state index contributed by atoms with van der Waals surface area (Å²) < 4.78 is 27.0. The molecule has 0 spiro atoms. The molecule has 0 fully saturated rings. The zero-order valence-corrected chi connectivity index (χ0v) is 13.7. The highest BCUT2D eigenvalue weighted by Gasteiger charge is 2.12. The summed E-state index contributed by atoms with van der Waals surface area (Å²) in [4.78, 5) is 7.81. The van der Waals surface area contributed by atoms with Crippen LogP contribution in [0.3, 0.4) is 0 Å². The van der Waals surface area contributed by atoms with Crippen molar-refractivity contribution in [2.45, 2.75) is 19.3 Å². The molecule has 2 nitrogen and oxygen atoms in total. The van der Waals surface area contributed by atoms with Crippen molar-refractivity contribution < 1.29 is 8.78 Å². The normalized spacial score (nSPS) is 18.0. The molecule has 4 rings (SSSR count). The van der Waals surface area contributed by atoms with E-state index in [1.54, 1.807) is 18.2 Å². The van der Waals surface area contributed by atoms with Gasteiger partial charge in [-0.15, -0.1) is 0 Å². The van der Waals surface area contributed by atoms with Gasteiger partial charge in [-0.05, 0) is 55.0 Å². The summed E-state index contributed by atoms with van der Waals surface area (Å²) in [7, 11) is 0. The maximum atomic E-state index is 14.0. The summed E-state index contributed by atoms with van der Waals surface area (Å²) in [6.45, 7) is 0. The maximum Gasteiger partial charge on any atom is 0.131 e. The molecule has 0 aliphatic heterocycles. The number of nitrogens with zero attached hydrogens (tertiary/aromatic N) is 1. The summed E-state index contributed by atoms with van der Waals surface area (Å²) in [5.74, 6) is 0.866. The van der Waals surface area contributed by atoms with E-state index in [0.29, 0.717) is 17.9 Å². The van der Waals surface area contributed by atoms with Gasteiger partial charge >= 0.3 is 0 Å². The molecule has 0 saturated heterocycles. The molecule has 4 heteroatoms. The minimum atomic E-state index is -0.237. The number of hydrogen-bond acceptors (Lipinski definition) is 1. The lowest BCUT2D eigenvalue weighted by atomic mass is 9.93. The molecule has 1 atom stereocenters. The van der Waals surface area contributed by atoms with Gasteiger partial charge in [0.2, 0.25) is 0 Å². The average molecular weight is 336 g/mol. The number of fused-ring (bicyclic) bond motifs is 1. The average Bonchev–Trinajstić information content (AvgIpc) is 3.04. The van der Waals surface area contributed by atoms with Crippen LogP contribution in [0.25, 0.3) is 28.2 Å². The van der Waals surface area contributed by atoms with Gasteiger partial charge in [0, 0.05) is 5.56 Å². The van der Waals surface area contributed by atoms with Crippen LogP contribution >= 0.6 is 0 Å². The highest BCUT2D eigenvalue weighted by Crippen LogP contribution is 2.27. The molecule has 0 bridgehead atoms. The van der Waals surface area contributed by atoms with E-state index in [1.807, 2.05) is 30.3 Å². The fraction of sp³-hybridized carbons (Fsp3) is 0.190. The number of rotatable bonds is 3. The van der Waals surface area contributed by atoms with Crippen LogP contribution in [0.5, 0.6) is 0 Å². The molecule has 1 aromatic heterocycles. The molecule has 1 N–H and O–H groups in total. The van der Waals surface area contributed by atoms with Gasteiger partial charge in [0.15, 0.2) is 0 Å². The Morgan fingerprint density at radius 2 is 2.00 bits per heavy atom. The van der Waals surface area contributed by atoms with Crippen molar-refractivity contribution in [1.82, 2.24) is 9.97 Å². The zero-order valence-electron chi connectivity index (χ0n) is 13.7. The van der Waals surface area contributed by atoms with E-state index >= 15 is 0 Å². The first kappa shape index (κ1) is 15.8. The smallest absolute Gasteiger partial charge is 0.131 e. The van der Waals surface area contributed by atoms with Gasteiger partial charge in [0.25, 0.3) is 0 Å². The molecule has 2 aromatic carbocycles. The van der Waals surface area contributed by atoms with Crippen molar-refractivity contribution in [3.8, 4) is 11.1 Å². The number of benzene rings is 2. The molecule has 0 saturated carbocycles. The van der Waals surface area contributed by atoms with Crippen LogP contribution in [0.1, 0.15) is 25.1 Å². The molecular formula is C21H18F2N2. The van der Waals surface area contributed by atoms with E-state index in [-0.39, 0.29) is 11.6 Å². The number of aromatic nitrogens is 2. The SMILES string of the molecule is FC1=CCC(/C=C/c2nc3ccc(-c4ccccc4F)cc3[nH]2)CC1. The molecule has 0 amide bonds. The third-order valence-corrected chi connectivity index (χ3v) is 4.61. The lowest BCUT2D eigenvalue weighted by Crippen LogP contribution is -2.00. The number of hydrogen-bond donors (Lipinski definition) is 1. The molecule has 1 heterocycles. The van der Waals surface area contributed by atoms with Gasteiger partial charge < -0.3 is 4.98 Å². The number of allylic oxidation sites excluding steroid dienone is 3. The van der Waals surface area contributed by atoms with Crippen molar-refractivity contribution in [3.05, 3.63) is 72.1 Å². The second-order valence-corrected chi connectivity index (χ2v) is 6.38. The predicted molar refractivity (Wildman–Crippen MR) is 97.1 cm³/mol. The summed E-state index contributed by atoms with van der Waals surface area (Å²) in [5, 5.41) is 0. The Bertz CT molecular complexity index is 969. The number of aromatic amines is 1. The summed E-state index contributed by atoms with van der Waals surface area (Å²) in [6, 6.07) is 12.4. The number of nitrogens with one attached hydrogen (secondary N) is 1. The first-order valence-corrected chi connectivity index (χ1v) is 8.46.